The Morgan fingerprint density at radius 1 is 0.660 bits per heavy atom. The van der Waals surface area contributed by atoms with Crippen molar-refractivity contribution in [2.24, 2.45) is 0 Å². The summed E-state index contributed by atoms with van der Waals surface area (Å²) in [7, 11) is 2.19. The molecule has 0 spiro atoms. The molecular formula is C38H38N2O12Zn+2. The van der Waals surface area contributed by atoms with Crippen molar-refractivity contribution in [3.63, 3.8) is 0 Å². The van der Waals surface area contributed by atoms with E-state index in [2.05, 4.69) is 23.0 Å². The number of phenols is 1. The minimum Gasteiger partial charge on any atom is -0.593 e. The molecule has 1 fully saturated rings. The van der Waals surface area contributed by atoms with Crippen LogP contribution in [0.4, 0.5) is 0 Å². The summed E-state index contributed by atoms with van der Waals surface area (Å²) in [5, 5.41) is 69.1. The van der Waals surface area contributed by atoms with Gasteiger partial charge in [-0.05, 0) is 68.4 Å². The Hall–Kier alpha value is -6.31. The first kappa shape index (κ1) is 44.7. The normalized spacial score (nSPS) is 12.5. The molecule has 1 aromatic heterocycles. The van der Waals surface area contributed by atoms with Gasteiger partial charge in [0.25, 0.3) is 17.2 Å². The Morgan fingerprint density at radius 3 is 1.32 bits per heavy atom. The van der Waals surface area contributed by atoms with E-state index in [0.717, 1.165) is 0 Å². The number of nitrogens with zero attached hydrogens (tertiary/aromatic N) is 2. The second-order valence-electron chi connectivity index (χ2n) is 10.7. The second-order valence-corrected chi connectivity index (χ2v) is 10.7. The number of hydrogen-bond donors (Lipinski definition) is 2. The minimum atomic E-state index is -1.30. The van der Waals surface area contributed by atoms with E-state index in [1.54, 1.807) is 48.5 Å². The number of aromatic nitrogens is 1. The summed E-state index contributed by atoms with van der Waals surface area (Å²) >= 11 is 0. The molecule has 15 heteroatoms. The molecule has 272 valence electrons. The number of rotatable bonds is 5. The van der Waals surface area contributed by atoms with Gasteiger partial charge in [-0.25, -0.2) is 4.79 Å². The zero-order valence-electron chi connectivity index (χ0n) is 28.6. The van der Waals surface area contributed by atoms with Crippen LogP contribution in [0.5, 0.6) is 23.0 Å². The Labute approximate surface area is 317 Å². The predicted octanol–water partition coefficient (Wildman–Crippen LogP) is 1.40. The maximum absolute atomic E-state index is 10.3. The number of aromatic hydroxyl groups is 1. The second kappa shape index (κ2) is 23.2. The van der Waals surface area contributed by atoms with Crippen molar-refractivity contribution in [2.45, 2.75) is 18.9 Å². The van der Waals surface area contributed by atoms with Gasteiger partial charge in [0, 0.05) is 36.6 Å². The van der Waals surface area contributed by atoms with Gasteiger partial charge in [0.1, 0.15) is 11.3 Å². The maximum atomic E-state index is 10.3. The van der Waals surface area contributed by atoms with Crippen LogP contribution >= 0.6 is 0 Å². The number of aromatic carboxylic acids is 4. The molecule has 0 amide bonds. The monoisotopic (exact) mass is 778 g/mol. The third kappa shape index (κ3) is 15.2. The van der Waals surface area contributed by atoms with Crippen molar-refractivity contribution >= 4 is 23.9 Å². The van der Waals surface area contributed by atoms with Crippen molar-refractivity contribution in [2.75, 3.05) is 13.6 Å². The number of carbonyl (C=O) groups excluding carboxylic acids is 3. The molecule has 5 aromatic rings. The van der Waals surface area contributed by atoms with Crippen molar-refractivity contribution in [3.05, 3.63) is 149 Å². The Bertz CT molecular complexity index is 1700. The Balaban J connectivity index is 0.000000331. The third-order valence-corrected chi connectivity index (χ3v) is 7.17. The smallest absolute Gasteiger partial charge is 0.593 e. The van der Waals surface area contributed by atoms with Crippen LogP contribution in [-0.4, -0.2) is 72.9 Å². The van der Waals surface area contributed by atoms with Gasteiger partial charge in [0.05, 0.1) is 34.6 Å². The van der Waals surface area contributed by atoms with E-state index in [1.807, 2.05) is 18.5 Å². The van der Waals surface area contributed by atoms with Gasteiger partial charge in [-0.2, -0.15) is 0 Å². The zero-order chi connectivity index (χ0) is 38.6. The van der Waals surface area contributed by atoms with E-state index < -0.39 is 23.9 Å². The summed E-state index contributed by atoms with van der Waals surface area (Å²) in [4.78, 5) is 47.4. The SMILES string of the molecule is CN1CCCC1c1cccnc1.O=C(O)c1ccccc1O.O=C([O-])c1ccccc1[OH2+].O=C([O-])c1ccccc1[OH2+].O=C([O-])c1ccccc1[OH2+].[Zn+2]. The van der Waals surface area contributed by atoms with E-state index in [0.29, 0.717) is 6.04 Å². The molecule has 0 saturated carbocycles. The largest absolute Gasteiger partial charge is 2.00 e. The first-order valence-corrected chi connectivity index (χ1v) is 15.4. The molecule has 1 atom stereocenters. The first-order chi connectivity index (χ1) is 24.7. The number of carboxylic acids is 4. The molecule has 0 aliphatic carbocycles. The third-order valence-electron chi connectivity index (χ3n) is 7.17. The van der Waals surface area contributed by atoms with E-state index >= 15 is 0 Å². The van der Waals surface area contributed by atoms with Crippen LogP contribution in [0.1, 0.15) is 65.9 Å². The number of benzene rings is 4. The minimum absolute atomic E-state index is 0. The number of carbonyl (C=O) groups is 4. The summed E-state index contributed by atoms with van der Waals surface area (Å²) in [5.74, 6) is -5.25. The average Bonchev–Trinajstić information content (AvgIpc) is 3.56. The van der Waals surface area contributed by atoms with Gasteiger partial charge in [0.2, 0.25) is 0 Å². The molecule has 0 bridgehead atoms. The van der Waals surface area contributed by atoms with Gasteiger partial charge >= 0.3 is 25.4 Å². The average molecular weight is 780 g/mol. The van der Waals surface area contributed by atoms with Crippen LogP contribution in [0.2, 0.25) is 0 Å². The van der Waals surface area contributed by atoms with Crippen LogP contribution in [0, 0.1) is 0 Å². The molecular weight excluding hydrogens is 742 g/mol. The molecule has 4 aromatic carbocycles. The number of para-hydroxylation sites is 4. The fourth-order valence-electron chi connectivity index (χ4n) is 4.54. The quantitative estimate of drug-likeness (QED) is 0.190. The van der Waals surface area contributed by atoms with Crippen LogP contribution in [-0.2, 0) is 19.5 Å². The molecule has 2 heterocycles. The standard InChI is InChI=1S/C10H14N2.4C7H6O3.Zn/c1-12-7-3-5-10(12)9-4-2-6-11-8-9;4*8-6-4-2-1-3-5(6)7(9)10;/h2,4,6,8,10H,3,5,7H2,1H3;4*1-4,8H,(H,9,10);/q;;;;;+2. The molecule has 1 aliphatic heterocycles. The predicted molar refractivity (Wildman–Crippen MR) is 185 cm³/mol. The molecule has 8 N–H and O–H groups in total. The van der Waals surface area contributed by atoms with Crippen LogP contribution in [0.15, 0.2) is 122 Å². The Kier molecular flexibility index (Phi) is 19.6. The number of pyridine rings is 1. The molecule has 14 nitrogen and oxygen atoms in total. The van der Waals surface area contributed by atoms with Crippen LogP contribution < -0.4 is 15.3 Å². The van der Waals surface area contributed by atoms with Gasteiger partial charge in [-0.1, -0.05) is 54.6 Å². The summed E-state index contributed by atoms with van der Waals surface area (Å²) < 4.78 is 0. The molecule has 1 unspecified atom stereocenters. The summed E-state index contributed by atoms with van der Waals surface area (Å²) in [6, 6.07) is 28.4. The molecule has 1 aliphatic rings. The number of hydrogen-bond acceptors (Lipinski definition) is 10. The first-order valence-electron chi connectivity index (χ1n) is 15.4. The van der Waals surface area contributed by atoms with Crippen molar-refractivity contribution in [1.82, 2.24) is 9.88 Å². The van der Waals surface area contributed by atoms with Gasteiger partial charge in [-0.15, -0.1) is 0 Å². The van der Waals surface area contributed by atoms with Crippen LogP contribution in [0.3, 0.4) is 0 Å². The summed E-state index contributed by atoms with van der Waals surface area (Å²) in [6.07, 6.45) is 6.41. The van der Waals surface area contributed by atoms with Gasteiger partial charge in [0.15, 0.2) is 0 Å². The number of likely N-dealkylation sites (tertiary alicyclic amines) is 1. The van der Waals surface area contributed by atoms with E-state index in [-0.39, 0.29) is 64.7 Å². The summed E-state index contributed by atoms with van der Waals surface area (Å²) in [6.45, 7) is 1.22. The number of carboxylic acid groups (broad SMARTS) is 4. The maximum Gasteiger partial charge on any atom is 2.00 e. The van der Waals surface area contributed by atoms with Gasteiger partial charge < -0.3 is 55.2 Å². The van der Waals surface area contributed by atoms with E-state index in [1.165, 1.54) is 73.5 Å². The topological polar surface area (TPSA) is 263 Å². The van der Waals surface area contributed by atoms with E-state index in [9.17, 15) is 34.5 Å². The molecule has 0 radical (unpaired) electrons. The molecule has 1 saturated heterocycles. The van der Waals surface area contributed by atoms with Crippen molar-refractivity contribution in [3.8, 4) is 23.0 Å². The van der Waals surface area contributed by atoms with Gasteiger partial charge in [-0.3, -0.25) is 9.88 Å². The molecule has 53 heavy (non-hydrogen) atoms. The zero-order valence-corrected chi connectivity index (χ0v) is 31.6. The van der Waals surface area contributed by atoms with Crippen molar-refractivity contribution < 1.29 is 79.5 Å². The van der Waals surface area contributed by atoms with E-state index in [4.69, 9.17) is 25.5 Å². The summed E-state index contributed by atoms with van der Waals surface area (Å²) in [5.41, 5.74) is 1.09. The van der Waals surface area contributed by atoms with Crippen molar-refractivity contribution in [1.29, 1.82) is 0 Å². The van der Waals surface area contributed by atoms with Crippen LogP contribution in [0.25, 0.3) is 0 Å². The fourth-order valence-corrected chi connectivity index (χ4v) is 4.54. The Morgan fingerprint density at radius 2 is 1.06 bits per heavy atom. The fraction of sp³-hybridized carbons (Fsp3) is 0.132. The molecule has 6 rings (SSSR count).